The van der Waals surface area contributed by atoms with E-state index in [4.69, 9.17) is 0 Å². The molecule has 2 aromatic rings. The molecule has 3 rings (SSSR count). The highest BCUT2D eigenvalue weighted by molar-refractivity contribution is 5.33. The van der Waals surface area contributed by atoms with Crippen LogP contribution in [0.4, 0.5) is 0 Å². The van der Waals surface area contributed by atoms with E-state index in [1.165, 1.54) is 31.4 Å². The normalized spacial score (nSPS) is 19.1. The van der Waals surface area contributed by atoms with Gasteiger partial charge >= 0.3 is 0 Å². The van der Waals surface area contributed by atoms with Gasteiger partial charge in [0.1, 0.15) is 0 Å². The molecule has 1 saturated carbocycles. The lowest BCUT2D eigenvalue weighted by Gasteiger charge is -2.34. The molecule has 1 unspecified atom stereocenters. The van der Waals surface area contributed by atoms with Crippen LogP contribution in [0.15, 0.2) is 42.6 Å². The molecule has 1 N–H and O–H groups in total. The van der Waals surface area contributed by atoms with Gasteiger partial charge in [0.25, 0.3) is 0 Å². The Morgan fingerprint density at radius 1 is 1.15 bits per heavy atom. The first kappa shape index (κ1) is 13.4. The monoisotopic (exact) mass is 269 g/mol. The summed E-state index contributed by atoms with van der Waals surface area (Å²) in [6, 6.07) is 12.9. The summed E-state index contributed by atoms with van der Waals surface area (Å²) in [5, 5.41) is 8.07. The van der Waals surface area contributed by atoms with Crippen LogP contribution < -0.4 is 5.32 Å². The highest BCUT2D eigenvalue weighted by atomic mass is 15.3. The van der Waals surface area contributed by atoms with Crippen molar-refractivity contribution in [2.45, 2.75) is 38.6 Å². The number of aromatic nitrogens is 2. The number of hydrogen-bond acceptors (Lipinski definition) is 2. The molecule has 0 bridgehead atoms. The second kappa shape index (κ2) is 5.41. The quantitative estimate of drug-likeness (QED) is 0.917. The number of benzene rings is 1. The van der Waals surface area contributed by atoms with Crippen molar-refractivity contribution in [3.8, 4) is 5.69 Å². The maximum atomic E-state index is 4.53. The fraction of sp³-hybridized carbons (Fsp3) is 0.471. The molecule has 1 atom stereocenters. The van der Waals surface area contributed by atoms with Crippen molar-refractivity contribution in [3.63, 3.8) is 0 Å². The van der Waals surface area contributed by atoms with Crippen molar-refractivity contribution in [2.24, 2.45) is 5.41 Å². The molecule has 20 heavy (non-hydrogen) atoms. The van der Waals surface area contributed by atoms with Crippen molar-refractivity contribution in [1.29, 1.82) is 0 Å². The van der Waals surface area contributed by atoms with Gasteiger partial charge in [-0.05, 0) is 43.5 Å². The number of nitrogens with zero attached hydrogens (tertiary/aromatic N) is 2. The lowest BCUT2D eigenvalue weighted by atomic mass is 9.79. The third-order valence-corrected chi connectivity index (χ3v) is 4.70. The molecule has 1 aromatic heterocycles. The molecule has 1 fully saturated rings. The zero-order chi connectivity index (χ0) is 14.0. The Kier molecular flexibility index (Phi) is 3.62. The number of nitrogens with one attached hydrogen (secondary N) is 1. The fourth-order valence-electron chi connectivity index (χ4n) is 3.64. The van der Waals surface area contributed by atoms with Crippen LogP contribution in [-0.4, -0.2) is 16.8 Å². The molecule has 106 valence electrons. The third-order valence-electron chi connectivity index (χ3n) is 4.70. The molecule has 1 heterocycles. The van der Waals surface area contributed by atoms with Crippen LogP contribution in [0.2, 0.25) is 0 Å². The van der Waals surface area contributed by atoms with E-state index in [0.29, 0.717) is 11.5 Å². The van der Waals surface area contributed by atoms with Gasteiger partial charge in [0.05, 0.1) is 17.4 Å². The predicted molar refractivity (Wildman–Crippen MR) is 81.9 cm³/mol. The van der Waals surface area contributed by atoms with Crippen LogP contribution >= 0.6 is 0 Å². The number of para-hydroxylation sites is 1. The van der Waals surface area contributed by atoms with Crippen molar-refractivity contribution in [1.82, 2.24) is 15.1 Å². The van der Waals surface area contributed by atoms with E-state index in [-0.39, 0.29) is 0 Å². The Hall–Kier alpha value is -1.61. The van der Waals surface area contributed by atoms with E-state index in [0.717, 1.165) is 5.69 Å². The van der Waals surface area contributed by atoms with Gasteiger partial charge in [-0.2, -0.15) is 5.10 Å². The molecule has 0 spiro atoms. The van der Waals surface area contributed by atoms with Gasteiger partial charge in [-0.25, -0.2) is 4.68 Å². The third kappa shape index (κ3) is 2.27. The second-order valence-corrected chi connectivity index (χ2v) is 6.09. The Morgan fingerprint density at radius 2 is 1.85 bits per heavy atom. The van der Waals surface area contributed by atoms with Gasteiger partial charge in [-0.15, -0.1) is 0 Å². The van der Waals surface area contributed by atoms with Gasteiger partial charge in [-0.1, -0.05) is 38.0 Å². The lowest BCUT2D eigenvalue weighted by molar-refractivity contribution is 0.226. The molecule has 0 saturated heterocycles. The van der Waals surface area contributed by atoms with Crippen LogP contribution in [-0.2, 0) is 0 Å². The predicted octanol–water partition coefficient (Wildman–Crippen LogP) is 3.71. The molecule has 1 aliphatic rings. The molecule has 3 nitrogen and oxygen atoms in total. The van der Waals surface area contributed by atoms with Crippen molar-refractivity contribution < 1.29 is 0 Å². The summed E-state index contributed by atoms with van der Waals surface area (Å²) in [5.41, 5.74) is 2.74. The summed E-state index contributed by atoms with van der Waals surface area (Å²) in [4.78, 5) is 0. The molecule has 0 radical (unpaired) electrons. The van der Waals surface area contributed by atoms with Gasteiger partial charge in [0, 0.05) is 6.20 Å². The highest BCUT2D eigenvalue weighted by Gasteiger charge is 2.38. The summed E-state index contributed by atoms with van der Waals surface area (Å²) in [6.07, 6.45) is 7.17. The van der Waals surface area contributed by atoms with Crippen molar-refractivity contribution >= 4 is 0 Å². The first-order valence-electron chi connectivity index (χ1n) is 7.51. The average molecular weight is 269 g/mol. The maximum Gasteiger partial charge on any atom is 0.0649 e. The first-order chi connectivity index (χ1) is 9.74. The summed E-state index contributed by atoms with van der Waals surface area (Å²) in [7, 11) is 2.07. The van der Waals surface area contributed by atoms with Gasteiger partial charge in [-0.3, -0.25) is 0 Å². The summed E-state index contributed by atoms with van der Waals surface area (Å²) < 4.78 is 2.07. The lowest BCUT2D eigenvalue weighted by Crippen LogP contribution is -2.33. The van der Waals surface area contributed by atoms with E-state index in [2.05, 4.69) is 59.4 Å². The Balaban J connectivity index is 2.00. The molecule has 3 heteroatoms. The zero-order valence-electron chi connectivity index (χ0n) is 12.3. The topological polar surface area (TPSA) is 29.9 Å². The van der Waals surface area contributed by atoms with Gasteiger partial charge in [0.15, 0.2) is 0 Å². The zero-order valence-corrected chi connectivity index (χ0v) is 12.3. The maximum absolute atomic E-state index is 4.53. The van der Waals surface area contributed by atoms with E-state index in [1.807, 2.05) is 12.3 Å². The summed E-state index contributed by atoms with van der Waals surface area (Å²) in [6.45, 7) is 2.41. The highest BCUT2D eigenvalue weighted by Crippen LogP contribution is 2.47. The number of hydrogen-bond donors (Lipinski definition) is 1. The molecule has 1 aliphatic carbocycles. The van der Waals surface area contributed by atoms with Crippen molar-refractivity contribution in [2.75, 3.05) is 7.05 Å². The minimum absolute atomic E-state index is 0.335. The first-order valence-corrected chi connectivity index (χ1v) is 7.51. The Bertz CT molecular complexity index is 553. The molecule has 0 amide bonds. The van der Waals surface area contributed by atoms with E-state index in [9.17, 15) is 0 Å². The molecule has 1 aromatic carbocycles. The SMILES string of the molecule is CNC(c1ccnn1-c1ccccc1)C1(C)CCCC1. The smallest absolute Gasteiger partial charge is 0.0649 e. The molecular weight excluding hydrogens is 246 g/mol. The van der Waals surface area contributed by atoms with E-state index in [1.54, 1.807) is 0 Å². The Morgan fingerprint density at radius 3 is 2.50 bits per heavy atom. The van der Waals surface area contributed by atoms with Gasteiger partial charge < -0.3 is 5.32 Å². The minimum Gasteiger partial charge on any atom is -0.311 e. The van der Waals surface area contributed by atoms with Crippen molar-refractivity contribution in [3.05, 3.63) is 48.3 Å². The van der Waals surface area contributed by atoms with Crippen LogP contribution in [0, 0.1) is 5.41 Å². The van der Waals surface area contributed by atoms with E-state index >= 15 is 0 Å². The van der Waals surface area contributed by atoms with Crippen LogP contribution in [0.25, 0.3) is 5.69 Å². The molecule has 0 aliphatic heterocycles. The largest absolute Gasteiger partial charge is 0.311 e. The van der Waals surface area contributed by atoms with Crippen LogP contribution in [0.3, 0.4) is 0 Å². The number of rotatable bonds is 4. The van der Waals surface area contributed by atoms with Crippen LogP contribution in [0.5, 0.6) is 0 Å². The fourth-order valence-corrected chi connectivity index (χ4v) is 3.64. The Labute approximate surface area is 121 Å². The molecular formula is C17H23N3. The summed E-state index contributed by atoms with van der Waals surface area (Å²) >= 11 is 0. The summed E-state index contributed by atoms with van der Waals surface area (Å²) in [5.74, 6) is 0. The van der Waals surface area contributed by atoms with Crippen LogP contribution in [0.1, 0.15) is 44.3 Å². The van der Waals surface area contributed by atoms with Gasteiger partial charge in [0.2, 0.25) is 0 Å². The minimum atomic E-state index is 0.335. The average Bonchev–Trinajstić information content (AvgIpc) is 3.11. The standard InChI is InChI=1S/C17H23N3/c1-17(11-6-7-12-17)16(18-2)15-10-13-19-20(15)14-8-4-3-5-9-14/h3-5,8-10,13,16,18H,6-7,11-12H2,1-2H3. The second-order valence-electron chi connectivity index (χ2n) is 6.09. The van der Waals surface area contributed by atoms with E-state index < -0.39 is 0 Å².